The van der Waals surface area contributed by atoms with E-state index in [0.717, 1.165) is 45.6 Å². The quantitative estimate of drug-likeness (QED) is 0.205. The molecular formula is C32H39NO7. The summed E-state index contributed by atoms with van der Waals surface area (Å²) in [6, 6.07) is 17.9. The molecule has 40 heavy (non-hydrogen) atoms. The summed E-state index contributed by atoms with van der Waals surface area (Å²) < 4.78 is 29.1. The second-order valence-corrected chi connectivity index (χ2v) is 10.7. The van der Waals surface area contributed by atoms with Gasteiger partial charge in [-0.2, -0.15) is 0 Å². The van der Waals surface area contributed by atoms with Gasteiger partial charge in [0.15, 0.2) is 0 Å². The minimum Gasteiger partial charge on any atom is -0.496 e. The van der Waals surface area contributed by atoms with Gasteiger partial charge in [-0.25, -0.2) is 4.79 Å². The summed E-state index contributed by atoms with van der Waals surface area (Å²) in [5, 5.41) is 3.54. The summed E-state index contributed by atoms with van der Waals surface area (Å²) in [5.41, 5.74) is 1.35. The molecule has 1 saturated heterocycles. The van der Waals surface area contributed by atoms with Gasteiger partial charge >= 0.3 is 6.16 Å². The van der Waals surface area contributed by atoms with Gasteiger partial charge < -0.3 is 28.5 Å². The van der Waals surface area contributed by atoms with E-state index in [1.807, 2.05) is 42.5 Å². The van der Waals surface area contributed by atoms with Gasteiger partial charge in [0.1, 0.15) is 29.5 Å². The number of methoxy groups -OCH3 is 2. The largest absolute Gasteiger partial charge is 0.528 e. The summed E-state index contributed by atoms with van der Waals surface area (Å²) in [7, 11) is 3.32. The van der Waals surface area contributed by atoms with Crippen molar-refractivity contribution >= 4 is 16.9 Å². The highest BCUT2D eigenvalue weighted by atomic mass is 16.8. The van der Waals surface area contributed by atoms with Crippen LogP contribution in [0, 0.1) is 0 Å². The lowest BCUT2D eigenvalue weighted by atomic mass is 9.87. The zero-order valence-corrected chi connectivity index (χ0v) is 24.0. The second-order valence-electron chi connectivity index (χ2n) is 10.7. The first-order valence-corrected chi connectivity index (χ1v) is 13.5. The molecule has 1 fully saturated rings. The summed E-state index contributed by atoms with van der Waals surface area (Å²) in [5.74, 6) is 2.34. The van der Waals surface area contributed by atoms with E-state index >= 15 is 0 Å². The Morgan fingerprint density at radius 1 is 1.05 bits per heavy atom. The van der Waals surface area contributed by atoms with Crippen LogP contribution in [0.4, 0.5) is 4.79 Å². The summed E-state index contributed by atoms with van der Waals surface area (Å²) in [4.78, 5) is 17.9. The highest BCUT2D eigenvalue weighted by Gasteiger charge is 2.34. The van der Waals surface area contributed by atoms with E-state index in [1.165, 1.54) is 0 Å². The van der Waals surface area contributed by atoms with E-state index in [9.17, 15) is 4.79 Å². The lowest BCUT2D eigenvalue weighted by Crippen LogP contribution is -2.45. The molecule has 0 N–H and O–H groups in total. The van der Waals surface area contributed by atoms with Crippen LogP contribution in [0.5, 0.6) is 17.2 Å². The van der Waals surface area contributed by atoms with Crippen molar-refractivity contribution in [1.29, 1.82) is 0 Å². The smallest absolute Gasteiger partial charge is 0.496 e. The molecule has 0 aliphatic carbocycles. The van der Waals surface area contributed by atoms with E-state index in [2.05, 4.69) is 18.7 Å². The highest BCUT2D eigenvalue weighted by Crippen LogP contribution is 2.38. The number of carbonyl (C=O) groups excluding carboxylic acids is 1. The van der Waals surface area contributed by atoms with Crippen molar-refractivity contribution < 1.29 is 33.3 Å². The minimum atomic E-state index is -0.727. The predicted octanol–water partition coefficient (Wildman–Crippen LogP) is 6.66. The van der Waals surface area contributed by atoms with Crippen LogP contribution >= 0.6 is 0 Å². The number of benzene rings is 3. The Morgan fingerprint density at radius 3 is 2.42 bits per heavy atom. The molecule has 0 bridgehead atoms. The molecule has 214 valence electrons. The van der Waals surface area contributed by atoms with Crippen LogP contribution in [0.2, 0.25) is 0 Å². The molecule has 1 heterocycles. The maximum atomic E-state index is 12.4. The first-order valence-electron chi connectivity index (χ1n) is 13.5. The number of ether oxygens (including phenoxy) is 5. The molecule has 0 spiro atoms. The minimum absolute atomic E-state index is 0.0697. The highest BCUT2D eigenvalue weighted by molar-refractivity contribution is 5.94. The average molecular weight is 550 g/mol. The molecule has 0 saturated carbocycles. The topological polar surface area (TPSA) is 75.7 Å². The molecule has 1 aliphatic rings. The Hall–Kier alpha value is -3.75. The summed E-state index contributed by atoms with van der Waals surface area (Å²) >= 11 is 0. The van der Waals surface area contributed by atoms with Crippen LogP contribution in [-0.2, 0) is 20.9 Å². The molecule has 0 amide bonds. The Morgan fingerprint density at radius 2 is 1.77 bits per heavy atom. The number of nitrogens with zero attached hydrogens (tertiary/aromatic N) is 1. The molecule has 3 aromatic carbocycles. The standard InChI is InChI=1S/C32H39NO7/c1-7-18-37-24-14-12-22(13-15-24)25-16-17-33(40-31(34)39-32(2,3)4)20-29(25)38-21-23-19-28(35-5)26-10-8-9-11-27(26)30(23)36-6/h7-15,19,25,29H,1,16-18,20-21H2,2-6H3. The van der Waals surface area contributed by atoms with Gasteiger partial charge in [0.2, 0.25) is 0 Å². The van der Waals surface area contributed by atoms with E-state index in [1.54, 1.807) is 46.1 Å². The van der Waals surface area contributed by atoms with Gasteiger partial charge in [-0.1, -0.05) is 49.1 Å². The summed E-state index contributed by atoms with van der Waals surface area (Å²) in [6.07, 6.45) is 1.43. The lowest BCUT2D eigenvalue weighted by molar-refractivity contribution is -0.179. The third-order valence-electron chi connectivity index (χ3n) is 6.70. The maximum absolute atomic E-state index is 12.4. The Labute approximate surface area is 236 Å². The van der Waals surface area contributed by atoms with E-state index in [4.69, 9.17) is 28.5 Å². The van der Waals surface area contributed by atoms with Crippen molar-refractivity contribution in [3.63, 3.8) is 0 Å². The Balaban J connectivity index is 1.57. The third kappa shape index (κ3) is 7.25. The van der Waals surface area contributed by atoms with E-state index in [0.29, 0.717) is 19.7 Å². The molecule has 1 aliphatic heterocycles. The van der Waals surface area contributed by atoms with Gasteiger partial charge in [0.25, 0.3) is 0 Å². The Kier molecular flexibility index (Phi) is 9.55. The molecule has 0 aromatic heterocycles. The van der Waals surface area contributed by atoms with Crippen molar-refractivity contribution in [3.8, 4) is 17.2 Å². The fourth-order valence-corrected chi connectivity index (χ4v) is 4.95. The van der Waals surface area contributed by atoms with Crippen molar-refractivity contribution in [1.82, 2.24) is 5.06 Å². The second kappa shape index (κ2) is 13.1. The van der Waals surface area contributed by atoms with Crippen molar-refractivity contribution in [2.45, 2.75) is 51.4 Å². The van der Waals surface area contributed by atoms with Crippen molar-refractivity contribution in [2.75, 3.05) is 33.9 Å². The van der Waals surface area contributed by atoms with Gasteiger partial charge in [-0.05, 0) is 51.0 Å². The van der Waals surface area contributed by atoms with Crippen LogP contribution < -0.4 is 14.2 Å². The fraction of sp³-hybridized carbons (Fsp3) is 0.406. The van der Waals surface area contributed by atoms with E-state index in [-0.39, 0.29) is 18.6 Å². The number of carbonyl (C=O) groups is 1. The van der Waals surface area contributed by atoms with Gasteiger partial charge in [-0.15, -0.1) is 5.06 Å². The number of piperidine rings is 1. The molecule has 8 heteroatoms. The number of hydrogen-bond acceptors (Lipinski definition) is 8. The first-order chi connectivity index (χ1) is 19.2. The maximum Gasteiger partial charge on any atom is 0.528 e. The van der Waals surface area contributed by atoms with Crippen LogP contribution in [0.1, 0.15) is 44.2 Å². The molecule has 4 rings (SSSR count). The van der Waals surface area contributed by atoms with Gasteiger partial charge in [-0.3, -0.25) is 0 Å². The molecular weight excluding hydrogens is 510 g/mol. The average Bonchev–Trinajstić information content (AvgIpc) is 2.93. The normalized spacial score (nSPS) is 17.7. The van der Waals surface area contributed by atoms with Crippen LogP contribution in [0.25, 0.3) is 10.8 Å². The molecule has 3 aromatic rings. The summed E-state index contributed by atoms with van der Waals surface area (Å²) in [6.45, 7) is 10.8. The van der Waals surface area contributed by atoms with Crippen molar-refractivity contribution in [3.05, 3.63) is 78.4 Å². The predicted molar refractivity (Wildman–Crippen MR) is 154 cm³/mol. The lowest BCUT2D eigenvalue weighted by Gasteiger charge is -2.37. The number of fused-ring (bicyclic) bond motifs is 1. The molecule has 2 atom stereocenters. The number of hydrogen-bond donors (Lipinski definition) is 0. The van der Waals surface area contributed by atoms with Crippen LogP contribution in [0.15, 0.2) is 67.3 Å². The molecule has 2 unspecified atom stereocenters. The number of rotatable bonds is 10. The fourth-order valence-electron chi connectivity index (χ4n) is 4.95. The monoisotopic (exact) mass is 549 g/mol. The first kappa shape index (κ1) is 29.2. The van der Waals surface area contributed by atoms with Crippen molar-refractivity contribution in [2.24, 2.45) is 0 Å². The van der Waals surface area contributed by atoms with Crippen LogP contribution in [-0.4, -0.2) is 56.8 Å². The number of hydroxylamine groups is 2. The third-order valence-corrected chi connectivity index (χ3v) is 6.70. The van der Waals surface area contributed by atoms with Gasteiger partial charge in [0.05, 0.1) is 33.5 Å². The van der Waals surface area contributed by atoms with Crippen LogP contribution in [0.3, 0.4) is 0 Å². The SMILES string of the molecule is C=CCOc1ccc(C2CCN(OC(=O)OC(C)(C)C)CC2OCc2cc(OC)c3ccccc3c2OC)cc1. The molecule has 8 nitrogen and oxygen atoms in total. The van der Waals surface area contributed by atoms with Gasteiger partial charge in [0, 0.05) is 28.8 Å². The zero-order valence-electron chi connectivity index (χ0n) is 24.0. The molecule has 0 radical (unpaired) electrons. The zero-order chi connectivity index (χ0) is 28.7. The Bertz CT molecular complexity index is 1300. The van der Waals surface area contributed by atoms with E-state index < -0.39 is 11.8 Å².